The van der Waals surface area contributed by atoms with Gasteiger partial charge in [0.25, 0.3) is 0 Å². The number of aromatic nitrogens is 1. The van der Waals surface area contributed by atoms with Gasteiger partial charge in [-0.2, -0.15) is 15.5 Å². The number of benzene rings is 3. The van der Waals surface area contributed by atoms with Gasteiger partial charge in [0.1, 0.15) is 17.5 Å². The van der Waals surface area contributed by atoms with Gasteiger partial charge in [0.05, 0.1) is 23.3 Å². The van der Waals surface area contributed by atoms with Gasteiger partial charge in [0.2, 0.25) is 10.7 Å². The van der Waals surface area contributed by atoms with Crippen molar-refractivity contribution < 1.29 is 5.11 Å². The number of nitrogens with two attached hydrogens (primary N) is 1. The molecule has 0 spiro atoms. The van der Waals surface area contributed by atoms with Gasteiger partial charge >= 0.3 is 0 Å². The SMILES string of the molecule is Cc1ccc(-c2cs/c(=N/N3C(N)=C(C#N)C(c4ccccc4)C(C#N)=C3O)n2-c2ccccc2)cc1. The van der Waals surface area contributed by atoms with E-state index in [9.17, 15) is 15.6 Å². The van der Waals surface area contributed by atoms with Crippen molar-refractivity contribution in [3.05, 3.63) is 129 Å². The predicted molar refractivity (Wildman–Crippen MR) is 142 cm³/mol. The monoisotopic (exact) mass is 502 g/mol. The number of aliphatic hydroxyl groups is 1. The number of para-hydroxylation sites is 1. The number of nitrogens with zero attached hydrogens (tertiary/aromatic N) is 5. The minimum absolute atomic E-state index is 0.00211. The lowest BCUT2D eigenvalue weighted by atomic mass is 9.83. The van der Waals surface area contributed by atoms with Crippen LogP contribution in [0.5, 0.6) is 0 Å². The lowest BCUT2D eigenvalue weighted by molar-refractivity contribution is 0.224. The Balaban J connectivity index is 1.73. The van der Waals surface area contributed by atoms with Crippen molar-refractivity contribution in [2.24, 2.45) is 10.8 Å². The molecule has 0 aliphatic carbocycles. The van der Waals surface area contributed by atoms with Gasteiger partial charge in [-0.15, -0.1) is 16.4 Å². The number of hydrogen-bond donors (Lipinski definition) is 2. The molecule has 3 N–H and O–H groups in total. The molecular weight excluding hydrogens is 480 g/mol. The Morgan fingerprint density at radius 3 is 2.14 bits per heavy atom. The summed E-state index contributed by atoms with van der Waals surface area (Å²) in [5, 5.41) is 38.9. The number of rotatable bonds is 4. The second kappa shape index (κ2) is 9.90. The van der Waals surface area contributed by atoms with Crippen LogP contribution in [0, 0.1) is 29.6 Å². The van der Waals surface area contributed by atoms with Crippen molar-refractivity contribution in [2.45, 2.75) is 12.8 Å². The van der Waals surface area contributed by atoms with Crippen molar-refractivity contribution in [3.63, 3.8) is 0 Å². The predicted octanol–water partition coefficient (Wildman–Crippen LogP) is 5.42. The highest BCUT2D eigenvalue weighted by Crippen LogP contribution is 2.39. The number of allylic oxidation sites excluding steroid dienone is 2. The van der Waals surface area contributed by atoms with Crippen LogP contribution in [-0.2, 0) is 0 Å². The number of aliphatic hydroxyl groups excluding tert-OH is 1. The Hall–Kier alpha value is -5.05. The molecule has 180 valence electrons. The van der Waals surface area contributed by atoms with E-state index in [1.54, 1.807) is 12.1 Å². The molecule has 0 saturated carbocycles. The minimum Gasteiger partial charge on any atom is -0.492 e. The molecule has 7 nitrogen and oxygen atoms in total. The summed E-state index contributed by atoms with van der Waals surface area (Å²) in [6.45, 7) is 2.03. The zero-order chi connectivity index (χ0) is 25.9. The third kappa shape index (κ3) is 4.27. The molecule has 8 heteroatoms. The van der Waals surface area contributed by atoms with Crippen molar-refractivity contribution in [2.75, 3.05) is 0 Å². The average molecular weight is 503 g/mol. The third-order valence-corrected chi connectivity index (χ3v) is 6.97. The first-order valence-electron chi connectivity index (χ1n) is 11.5. The highest BCUT2D eigenvalue weighted by molar-refractivity contribution is 7.07. The van der Waals surface area contributed by atoms with Gasteiger partial charge < -0.3 is 10.8 Å². The van der Waals surface area contributed by atoms with Gasteiger partial charge in [-0.1, -0.05) is 78.4 Å². The molecule has 0 saturated heterocycles. The van der Waals surface area contributed by atoms with Crippen LogP contribution in [0.1, 0.15) is 17.0 Å². The maximum atomic E-state index is 11.2. The molecule has 1 unspecified atom stereocenters. The van der Waals surface area contributed by atoms with Crippen molar-refractivity contribution >= 4 is 11.3 Å². The summed E-state index contributed by atoms with van der Waals surface area (Å²) in [6.07, 6.45) is 0. The van der Waals surface area contributed by atoms with Crippen LogP contribution >= 0.6 is 11.3 Å². The summed E-state index contributed by atoms with van der Waals surface area (Å²) in [4.78, 5) is 0.504. The van der Waals surface area contributed by atoms with E-state index in [-0.39, 0.29) is 17.0 Å². The Bertz CT molecular complexity index is 1630. The van der Waals surface area contributed by atoms with Gasteiger partial charge in [-0.05, 0) is 30.2 Å². The van der Waals surface area contributed by atoms with Crippen LogP contribution in [0.3, 0.4) is 0 Å². The van der Waals surface area contributed by atoms with Gasteiger partial charge in [-0.25, -0.2) is 0 Å². The van der Waals surface area contributed by atoms with Crippen LogP contribution in [0.2, 0.25) is 0 Å². The van der Waals surface area contributed by atoms with Crippen LogP contribution in [-0.4, -0.2) is 14.7 Å². The molecule has 37 heavy (non-hydrogen) atoms. The fourth-order valence-electron chi connectivity index (χ4n) is 4.30. The Kier molecular flexibility index (Phi) is 6.34. The molecule has 1 atom stereocenters. The molecule has 1 aliphatic rings. The summed E-state index contributed by atoms with van der Waals surface area (Å²) >= 11 is 1.36. The van der Waals surface area contributed by atoms with Crippen LogP contribution < -0.4 is 10.5 Å². The quantitative estimate of drug-likeness (QED) is 0.387. The van der Waals surface area contributed by atoms with Crippen LogP contribution in [0.25, 0.3) is 16.9 Å². The molecule has 5 rings (SSSR count). The minimum atomic E-state index is -0.782. The van der Waals surface area contributed by atoms with E-state index < -0.39 is 11.8 Å². The molecule has 0 amide bonds. The topological polar surface area (TPSA) is 114 Å². The summed E-state index contributed by atoms with van der Waals surface area (Å²) in [5.74, 6) is -1.22. The zero-order valence-corrected chi connectivity index (χ0v) is 20.7. The third-order valence-electron chi connectivity index (χ3n) is 6.15. The average Bonchev–Trinajstić information content (AvgIpc) is 3.35. The molecule has 3 aromatic carbocycles. The lowest BCUT2D eigenvalue weighted by Gasteiger charge is -2.29. The highest BCUT2D eigenvalue weighted by atomic mass is 32.1. The normalized spacial score (nSPS) is 16.0. The summed E-state index contributed by atoms with van der Waals surface area (Å²) in [7, 11) is 0. The molecule has 1 aliphatic heterocycles. The van der Waals surface area contributed by atoms with E-state index in [2.05, 4.69) is 17.2 Å². The van der Waals surface area contributed by atoms with E-state index in [4.69, 9.17) is 5.73 Å². The fourth-order valence-corrected chi connectivity index (χ4v) is 5.20. The van der Waals surface area contributed by atoms with Crippen molar-refractivity contribution in [3.8, 4) is 29.1 Å². The Morgan fingerprint density at radius 1 is 0.892 bits per heavy atom. The van der Waals surface area contributed by atoms with E-state index in [0.29, 0.717) is 10.4 Å². The zero-order valence-electron chi connectivity index (χ0n) is 19.9. The summed E-state index contributed by atoms with van der Waals surface area (Å²) in [6, 6.07) is 31.1. The van der Waals surface area contributed by atoms with Gasteiger partial charge in [0.15, 0.2) is 0 Å². The van der Waals surface area contributed by atoms with E-state index >= 15 is 0 Å². The fraction of sp³-hybridized carbons (Fsp3) is 0.0690. The Morgan fingerprint density at radius 2 is 1.51 bits per heavy atom. The number of aryl methyl sites for hydroxylation is 1. The van der Waals surface area contributed by atoms with Crippen molar-refractivity contribution in [1.82, 2.24) is 9.58 Å². The van der Waals surface area contributed by atoms with Crippen LogP contribution in [0.4, 0.5) is 0 Å². The summed E-state index contributed by atoms with van der Waals surface area (Å²) < 4.78 is 1.96. The molecule has 0 radical (unpaired) electrons. The number of nitriles is 2. The number of hydrogen-bond acceptors (Lipinski definition) is 7. The molecule has 4 aromatic rings. The smallest absolute Gasteiger partial charge is 0.229 e. The van der Waals surface area contributed by atoms with E-state index in [0.717, 1.165) is 27.5 Å². The lowest BCUT2D eigenvalue weighted by Crippen LogP contribution is -2.34. The summed E-state index contributed by atoms with van der Waals surface area (Å²) in [5.41, 5.74) is 11.2. The maximum Gasteiger partial charge on any atom is 0.229 e. The molecule has 1 aromatic heterocycles. The highest BCUT2D eigenvalue weighted by Gasteiger charge is 2.36. The Labute approximate surface area is 218 Å². The van der Waals surface area contributed by atoms with Crippen LogP contribution in [0.15, 0.2) is 118 Å². The second-order valence-electron chi connectivity index (χ2n) is 8.46. The molecular formula is C29H22N6OS. The second-order valence-corrected chi connectivity index (χ2v) is 9.29. The van der Waals surface area contributed by atoms with Gasteiger partial charge in [0, 0.05) is 11.1 Å². The standard InChI is InChI=1S/C29H22N6OS/c1-19-12-14-20(15-13-19)25-18-37-29(34(25)22-10-6-3-7-11-22)33-35-27(32)23(16-30)26(24(17-31)28(35)36)21-8-4-2-5-9-21/h2-15,18,26,36H,32H2,1H3/b33-29+. The molecule has 0 bridgehead atoms. The largest absolute Gasteiger partial charge is 0.492 e. The maximum absolute atomic E-state index is 11.2. The van der Waals surface area contributed by atoms with E-state index in [1.807, 2.05) is 89.7 Å². The van der Waals surface area contributed by atoms with Crippen molar-refractivity contribution in [1.29, 1.82) is 10.5 Å². The molecule has 0 fully saturated rings. The number of thiazole rings is 1. The first-order chi connectivity index (χ1) is 18.0. The van der Waals surface area contributed by atoms with E-state index in [1.165, 1.54) is 11.3 Å². The van der Waals surface area contributed by atoms with Gasteiger partial charge in [-0.3, -0.25) is 4.57 Å². The molecule has 2 heterocycles. The first kappa shape index (κ1) is 23.7. The first-order valence-corrected chi connectivity index (χ1v) is 12.4.